The molecule has 2 N–H and O–H groups in total. The number of nitrogens with zero attached hydrogens (tertiary/aromatic N) is 1. The summed E-state index contributed by atoms with van der Waals surface area (Å²) in [7, 11) is 0. The van der Waals surface area contributed by atoms with Crippen molar-refractivity contribution in [3.8, 4) is 0 Å². The van der Waals surface area contributed by atoms with Gasteiger partial charge in [0.25, 0.3) is 5.91 Å². The van der Waals surface area contributed by atoms with Crippen LogP contribution in [-0.2, 0) is 6.42 Å². The number of aromatic nitrogens is 1. The average molecular weight is 333 g/mol. The van der Waals surface area contributed by atoms with Gasteiger partial charge in [-0.3, -0.25) is 9.59 Å². The lowest BCUT2D eigenvalue weighted by Crippen LogP contribution is -2.43. The Labute approximate surface area is 145 Å². The normalized spacial score (nSPS) is 18.8. The highest BCUT2D eigenvalue weighted by Crippen LogP contribution is 2.21. The molecule has 5 heteroatoms. The van der Waals surface area contributed by atoms with E-state index in [1.165, 1.54) is 6.42 Å². The third-order valence-electron chi connectivity index (χ3n) is 5.06. The van der Waals surface area contributed by atoms with Crippen LogP contribution >= 0.6 is 0 Å². The molecule has 24 heavy (non-hydrogen) atoms. The van der Waals surface area contributed by atoms with E-state index in [1.807, 2.05) is 13.8 Å². The van der Waals surface area contributed by atoms with Crippen molar-refractivity contribution in [1.82, 2.24) is 15.2 Å². The van der Waals surface area contributed by atoms with Crippen molar-refractivity contribution in [3.05, 3.63) is 22.5 Å². The van der Waals surface area contributed by atoms with Gasteiger partial charge in [0.2, 0.25) is 0 Å². The number of H-pyrrole nitrogens is 1. The van der Waals surface area contributed by atoms with E-state index in [0.717, 1.165) is 30.8 Å². The number of hydrogen-bond acceptors (Lipinski definition) is 3. The first-order valence-electron chi connectivity index (χ1n) is 9.09. The third kappa shape index (κ3) is 4.07. The van der Waals surface area contributed by atoms with Crippen LogP contribution in [0.25, 0.3) is 0 Å². The maximum absolute atomic E-state index is 12.6. The average Bonchev–Trinajstić information content (AvgIpc) is 2.89. The molecule has 134 valence electrons. The lowest BCUT2D eigenvalue weighted by Gasteiger charge is -2.35. The Kier molecular flexibility index (Phi) is 6.21. The second-order valence-corrected chi connectivity index (χ2v) is 7.20. The minimum absolute atomic E-state index is 0.0134. The van der Waals surface area contributed by atoms with E-state index >= 15 is 0 Å². The fourth-order valence-electron chi connectivity index (χ4n) is 3.76. The molecule has 1 aliphatic rings. The Balaban J connectivity index is 2.03. The predicted molar refractivity (Wildman–Crippen MR) is 96.7 cm³/mol. The standard InChI is InChI=1S/C19H31N3O2/c1-6-16-17(14(5)23)13(4)21-18(16)19(24)20-10-15-8-7-9-22(11-15)12(2)3/h12,15,21H,6-11H2,1-5H3,(H,20,24)/t15-/m1/s1. The summed E-state index contributed by atoms with van der Waals surface area (Å²) in [6.45, 7) is 12.7. The number of amides is 1. The molecule has 1 amide bonds. The molecule has 1 aromatic heterocycles. The molecule has 0 aliphatic carbocycles. The highest BCUT2D eigenvalue weighted by molar-refractivity contribution is 6.02. The summed E-state index contributed by atoms with van der Waals surface area (Å²) < 4.78 is 0. The van der Waals surface area contributed by atoms with E-state index in [4.69, 9.17) is 0 Å². The molecule has 1 atom stereocenters. The van der Waals surface area contributed by atoms with Crippen molar-refractivity contribution in [1.29, 1.82) is 0 Å². The van der Waals surface area contributed by atoms with Crippen molar-refractivity contribution in [2.24, 2.45) is 5.92 Å². The van der Waals surface area contributed by atoms with E-state index < -0.39 is 0 Å². The second kappa shape index (κ2) is 7.97. The first kappa shape index (κ1) is 18.7. The number of aryl methyl sites for hydroxylation is 1. The van der Waals surface area contributed by atoms with Crippen molar-refractivity contribution in [2.45, 2.75) is 59.9 Å². The number of nitrogens with one attached hydrogen (secondary N) is 2. The number of piperidine rings is 1. The van der Waals surface area contributed by atoms with Crippen molar-refractivity contribution >= 4 is 11.7 Å². The van der Waals surface area contributed by atoms with Crippen LogP contribution < -0.4 is 5.32 Å². The quantitative estimate of drug-likeness (QED) is 0.787. The van der Waals surface area contributed by atoms with Gasteiger partial charge in [0.05, 0.1) is 0 Å². The summed E-state index contributed by atoms with van der Waals surface area (Å²) in [6, 6.07) is 0.555. The number of carbonyl (C=O) groups is 2. The molecule has 1 aromatic rings. The Morgan fingerprint density at radius 2 is 2.08 bits per heavy atom. The molecule has 0 radical (unpaired) electrons. The molecule has 0 saturated carbocycles. The molecule has 0 unspecified atom stereocenters. The van der Waals surface area contributed by atoms with Gasteiger partial charge in [0, 0.05) is 30.4 Å². The van der Waals surface area contributed by atoms with E-state index in [2.05, 4.69) is 29.0 Å². The number of hydrogen-bond donors (Lipinski definition) is 2. The molecule has 1 aliphatic heterocycles. The van der Waals surface area contributed by atoms with Gasteiger partial charge in [-0.1, -0.05) is 6.92 Å². The van der Waals surface area contributed by atoms with Crippen LogP contribution in [0.1, 0.15) is 72.6 Å². The minimum Gasteiger partial charge on any atom is -0.354 e. The van der Waals surface area contributed by atoms with Gasteiger partial charge in [0.15, 0.2) is 5.78 Å². The van der Waals surface area contributed by atoms with Crippen molar-refractivity contribution in [3.63, 3.8) is 0 Å². The van der Waals surface area contributed by atoms with Gasteiger partial charge >= 0.3 is 0 Å². The summed E-state index contributed by atoms with van der Waals surface area (Å²) in [5.41, 5.74) is 2.85. The number of Topliss-reactive ketones (excluding diaryl/α,β-unsaturated/α-hetero) is 1. The molecule has 0 spiro atoms. The highest BCUT2D eigenvalue weighted by Gasteiger charge is 2.24. The maximum atomic E-state index is 12.6. The largest absolute Gasteiger partial charge is 0.354 e. The van der Waals surface area contributed by atoms with Crippen LogP contribution in [0.15, 0.2) is 0 Å². The number of rotatable bonds is 6. The topological polar surface area (TPSA) is 65.2 Å². The molecular weight excluding hydrogens is 302 g/mol. The third-order valence-corrected chi connectivity index (χ3v) is 5.06. The molecule has 1 fully saturated rings. The van der Waals surface area contributed by atoms with Crippen molar-refractivity contribution < 1.29 is 9.59 Å². The summed E-state index contributed by atoms with van der Waals surface area (Å²) in [5, 5.41) is 3.07. The molecule has 1 saturated heterocycles. The van der Waals surface area contributed by atoms with Gasteiger partial charge in [-0.25, -0.2) is 0 Å². The summed E-state index contributed by atoms with van der Waals surface area (Å²) >= 11 is 0. The zero-order chi connectivity index (χ0) is 17.9. The van der Waals surface area contributed by atoms with Crippen LogP contribution in [0.2, 0.25) is 0 Å². The zero-order valence-corrected chi connectivity index (χ0v) is 15.7. The Bertz CT molecular complexity index is 604. The SMILES string of the molecule is CCc1c(C(=O)NC[C@H]2CCCN(C(C)C)C2)[nH]c(C)c1C(C)=O. The summed E-state index contributed by atoms with van der Waals surface area (Å²) in [6.07, 6.45) is 3.02. The monoisotopic (exact) mass is 333 g/mol. The molecule has 2 rings (SSSR count). The smallest absolute Gasteiger partial charge is 0.268 e. The van der Waals surface area contributed by atoms with Crippen LogP contribution in [0.3, 0.4) is 0 Å². The van der Waals surface area contributed by atoms with Crippen LogP contribution in [0, 0.1) is 12.8 Å². The summed E-state index contributed by atoms with van der Waals surface area (Å²) in [5.74, 6) is 0.419. The Morgan fingerprint density at radius 1 is 1.38 bits per heavy atom. The molecule has 5 nitrogen and oxygen atoms in total. The lowest BCUT2D eigenvalue weighted by atomic mass is 9.97. The van der Waals surface area contributed by atoms with Gasteiger partial charge in [-0.2, -0.15) is 0 Å². The fourth-order valence-corrected chi connectivity index (χ4v) is 3.76. The predicted octanol–water partition coefficient (Wildman–Crippen LogP) is 2.94. The molecular formula is C19H31N3O2. The number of aromatic amines is 1. The Morgan fingerprint density at radius 3 is 2.67 bits per heavy atom. The number of likely N-dealkylation sites (tertiary alicyclic amines) is 1. The Hall–Kier alpha value is -1.62. The molecule has 2 heterocycles. The summed E-state index contributed by atoms with van der Waals surface area (Å²) in [4.78, 5) is 30.0. The van der Waals surface area contributed by atoms with Gasteiger partial charge in [0.1, 0.15) is 5.69 Å². The zero-order valence-electron chi connectivity index (χ0n) is 15.7. The fraction of sp³-hybridized carbons (Fsp3) is 0.684. The van der Waals surface area contributed by atoms with Gasteiger partial charge < -0.3 is 15.2 Å². The molecule has 0 aromatic carbocycles. The van der Waals surface area contributed by atoms with E-state index in [9.17, 15) is 9.59 Å². The highest BCUT2D eigenvalue weighted by atomic mass is 16.2. The van der Waals surface area contributed by atoms with Gasteiger partial charge in [-0.15, -0.1) is 0 Å². The van der Waals surface area contributed by atoms with E-state index in [1.54, 1.807) is 6.92 Å². The van der Waals surface area contributed by atoms with E-state index in [0.29, 0.717) is 36.2 Å². The van der Waals surface area contributed by atoms with Crippen LogP contribution in [0.5, 0.6) is 0 Å². The first-order chi connectivity index (χ1) is 11.3. The van der Waals surface area contributed by atoms with Crippen LogP contribution in [0.4, 0.5) is 0 Å². The number of carbonyl (C=O) groups excluding carboxylic acids is 2. The first-order valence-corrected chi connectivity index (χ1v) is 9.09. The lowest BCUT2D eigenvalue weighted by molar-refractivity contribution is 0.0917. The van der Waals surface area contributed by atoms with Crippen molar-refractivity contribution in [2.75, 3.05) is 19.6 Å². The maximum Gasteiger partial charge on any atom is 0.268 e. The minimum atomic E-state index is -0.0934. The van der Waals surface area contributed by atoms with Gasteiger partial charge in [-0.05, 0) is 65.0 Å². The van der Waals surface area contributed by atoms with Crippen LogP contribution in [-0.4, -0.2) is 47.3 Å². The van der Waals surface area contributed by atoms with E-state index in [-0.39, 0.29) is 11.7 Å². The second-order valence-electron chi connectivity index (χ2n) is 7.20. The number of ketones is 1. The molecule has 0 bridgehead atoms.